The summed E-state index contributed by atoms with van der Waals surface area (Å²) in [4.78, 5) is 120. The van der Waals surface area contributed by atoms with Crippen molar-refractivity contribution in [2.24, 2.45) is 17.8 Å². The highest BCUT2D eigenvalue weighted by molar-refractivity contribution is 6.01. The Labute approximate surface area is 572 Å². The molecule has 0 spiro atoms. The van der Waals surface area contributed by atoms with E-state index in [4.69, 9.17) is 9.47 Å². The minimum absolute atomic E-state index is 0.0000863. The lowest BCUT2D eigenvalue weighted by Crippen LogP contribution is -2.56. The molecule has 4 N–H and O–H groups in total. The number of halogens is 12. The van der Waals surface area contributed by atoms with Crippen LogP contribution in [0.4, 0.5) is 52.7 Å². The van der Waals surface area contributed by atoms with Crippen LogP contribution in [0.3, 0.4) is 0 Å². The number of hydrogen-bond acceptors (Lipinski definition) is 12. The van der Waals surface area contributed by atoms with E-state index in [9.17, 15) is 106 Å². The zero-order valence-corrected chi connectivity index (χ0v) is 53.3. The molecule has 6 bridgehead atoms. The molecule has 103 heavy (non-hydrogen) atoms. The lowest BCUT2D eigenvalue weighted by atomic mass is 9.92. The van der Waals surface area contributed by atoms with E-state index in [1.54, 1.807) is 54.6 Å². The molecule has 9 aliphatic rings. The minimum atomic E-state index is -2.95. The van der Waals surface area contributed by atoms with Crippen LogP contribution in [-0.2, 0) is 45.9 Å². The molecular weight excluding hydrogens is 1390 g/mol. The van der Waals surface area contributed by atoms with Gasteiger partial charge in [0.15, 0.2) is 34.3 Å². The molecule has 9 heterocycles. The number of aromatic carboxylic acids is 1. The number of aromatic nitrogens is 3. The Morgan fingerprint density at radius 2 is 0.786 bits per heavy atom. The largest absolute Gasteiger partial charge is 0.503 e. The van der Waals surface area contributed by atoms with Gasteiger partial charge in [0.2, 0.25) is 16.3 Å². The number of carbonyl (C=O) groups excluding carboxylic acids is 5. The number of rotatable bonds is 13. The predicted molar refractivity (Wildman–Crippen MR) is 332 cm³/mol. The number of benzene rings is 4. The summed E-state index contributed by atoms with van der Waals surface area (Å²) >= 11 is 0. The highest BCUT2D eigenvalue weighted by atomic mass is 19.3. The van der Waals surface area contributed by atoms with Crippen LogP contribution < -0.4 is 36.4 Å². The maximum Gasteiger partial charge on any atom is 0.341 e. The van der Waals surface area contributed by atoms with Crippen molar-refractivity contribution >= 4 is 35.5 Å². The molecule has 3 unspecified atom stereocenters. The first-order chi connectivity index (χ1) is 48.8. The zero-order chi connectivity index (χ0) is 73.4. The molecule has 4 aromatic carbocycles. The van der Waals surface area contributed by atoms with Crippen molar-refractivity contribution in [3.63, 3.8) is 0 Å². The number of carboxylic acids is 1. The summed E-state index contributed by atoms with van der Waals surface area (Å²) in [6, 6.07) is 15.0. The molecule has 5 amide bonds. The van der Waals surface area contributed by atoms with Crippen molar-refractivity contribution in [3.05, 3.63) is 225 Å². The van der Waals surface area contributed by atoms with E-state index < -0.39 is 236 Å². The fraction of sp³-hybridized carbons (Fsp3) is 0.357. The monoisotopic (exact) mass is 1440 g/mol. The van der Waals surface area contributed by atoms with Crippen molar-refractivity contribution in [2.45, 2.75) is 138 Å². The Hall–Kier alpha value is -10.9. The molecule has 6 fully saturated rings. The molecule has 16 rings (SSSR count). The number of aromatic hydroxyl groups is 1. The highest BCUT2D eigenvalue weighted by Crippen LogP contribution is 2.57. The van der Waals surface area contributed by atoms with E-state index in [-0.39, 0.29) is 69.2 Å². The average Bonchev–Trinajstić information content (AvgIpc) is 1.57. The number of hydrogen-bond donors (Lipinski definition) is 4. The lowest BCUT2D eigenvalue weighted by molar-refractivity contribution is -0.0895. The molecule has 3 aromatic heterocycles. The SMILES string of the molecule is O=C(NCc1c(F)cc(F)cc1F)c1cn2c(c(O)c1=O)C(=O)N1[C@@H]3CC([C@@H]1C2)C(F)(F)C3.O=C(NCc1c(F)cc(F)cc1F)c1cn2c(c(OCc3ccccc3)c1=O)C(=O)N1[C@@H]3CC([C@@H]1C2)C(F)(F)C3.O=C(O)c1cn2c(c(OCc3ccccc3)c1=O)C(=O)N1[C@@H]3CC([C@@H]1C2)C(F)(F)C3. The third kappa shape index (κ3) is 11.9. The first-order valence-corrected chi connectivity index (χ1v) is 32.3. The summed E-state index contributed by atoms with van der Waals surface area (Å²) in [5, 5.41) is 24.1. The lowest BCUT2D eigenvalue weighted by Gasteiger charge is -2.43. The summed E-state index contributed by atoms with van der Waals surface area (Å²) in [6.45, 7) is -1.85. The molecule has 33 heteroatoms. The van der Waals surface area contributed by atoms with Gasteiger partial charge in [-0.25, -0.2) is 57.5 Å². The molecule has 0 radical (unpaired) electrons. The molecule has 6 aliphatic heterocycles. The molecule has 3 aliphatic carbocycles. The van der Waals surface area contributed by atoms with E-state index in [1.165, 1.54) is 23.8 Å². The maximum absolute atomic E-state index is 14.6. The standard InChI is InChI=1S/C28H22F5N3O4.C21H16F5N3O4.C21H18F2N2O5/c29-15-6-20(30)17(21(31)7-15)10-34-26(38)18-11-35-12-22-19-8-16(9-28(19,32)33)36(22)27(39)23(35)25(24(18)37)40-13-14-4-2-1-3-5-14;22-8-1-13(23)10(14(24)2-8)5-27-19(32)11-6-28-7-15-12-3-9(4-21(12,25)26)29(15)20(33)16(28)18(31)17(11)30;22-21(23)7-12-6-14(21)15-9-24-8-13(20(28)29)17(26)18(16(24)19(27)25(12)15)30-10-11-4-2-1-3-5-11/h1-7,11,16,19,22H,8-10,12-13H2,(H,34,38);1-2,6,9,12,15,31H,3-5,7H2,(H,27,32);1-5,8,12,14-15H,6-7,9-10H2,(H,28,29)/t16-,19?,22+;9-,12?,15+;12-,14?,15+/m111/s1. The van der Waals surface area contributed by atoms with Gasteiger partial charge in [-0.2, -0.15) is 0 Å². The van der Waals surface area contributed by atoms with Gasteiger partial charge in [-0.15, -0.1) is 0 Å². The van der Waals surface area contributed by atoms with Crippen LogP contribution in [0.1, 0.15) is 123 Å². The number of fused-ring (bicyclic) bond motifs is 18. The van der Waals surface area contributed by atoms with Crippen LogP contribution in [0.2, 0.25) is 0 Å². The van der Waals surface area contributed by atoms with E-state index >= 15 is 0 Å². The fourth-order valence-corrected chi connectivity index (χ4v) is 16.2. The smallest absolute Gasteiger partial charge is 0.341 e. The molecule has 3 saturated heterocycles. The number of ether oxygens (including phenoxy) is 2. The van der Waals surface area contributed by atoms with Crippen LogP contribution in [0, 0.1) is 52.7 Å². The summed E-state index contributed by atoms with van der Waals surface area (Å²) in [6.07, 6.45) is 2.21. The topological polar surface area (TPSA) is 261 Å². The van der Waals surface area contributed by atoms with Crippen LogP contribution in [0.15, 0.2) is 118 Å². The highest BCUT2D eigenvalue weighted by Gasteiger charge is 2.66. The number of carbonyl (C=O) groups is 6. The molecular formula is C70H56F12N8O13. The fourth-order valence-electron chi connectivity index (χ4n) is 16.2. The average molecular weight is 1450 g/mol. The first kappa shape index (κ1) is 69.2. The van der Waals surface area contributed by atoms with Gasteiger partial charge in [0.1, 0.15) is 64.8 Å². The normalized spacial score (nSPS) is 24.0. The van der Waals surface area contributed by atoms with Crippen molar-refractivity contribution < 1.29 is 101 Å². The number of alkyl halides is 6. The number of piperidine rings is 3. The van der Waals surface area contributed by atoms with Crippen molar-refractivity contribution in [1.82, 2.24) is 39.0 Å². The third-order valence-electron chi connectivity index (χ3n) is 20.8. The van der Waals surface area contributed by atoms with Gasteiger partial charge in [0.25, 0.3) is 47.3 Å². The second-order valence-electron chi connectivity index (χ2n) is 26.8. The molecule has 21 nitrogen and oxygen atoms in total. The predicted octanol–water partition coefficient (Wildman–Crippen LogP) is 8.56. The van der Waals surface area contributed by atoms with Crippen LogP contribution in [0.5, 0.6) is 17.2 Å². The van der Waals surface area contributed by atoms with Crippen molar-refractivity contribution in [2.75, 3.05) is 0 Å². The van der Waals surface area contributed by atoms with Gasteiger partial charge < -0.3 is 58.7 Å². The van der Waals surface area contributed by atoms with E-state index in [0.29, 0.717) is 29.8 Å². The minimum Gasteiger partial charge on any atom is -0.503 e. The van der Waals surface area contributed by atoms with Crippen molar-refractivity contribution in [1.29, 1.82) is 0 Å². The van der Waals surface area contributed by atoms with Gasteiger partial charge in [-0.3, -0.25) is 38.4 Å². The Balaban J connectivity index is 0.000000132. The zero-order valence-electron chi connectivity index (χ0n) is 53.3. The molecule has 538 valence electrons. The van der Waals surface area contributed by atoms with Crippen LogP contribution in [-0.4, -0.2) is 128 Å². The van der Waals surface area contributed by atoms with Crippen molar-refractivity contribution in [3.8, 4) is 17.2 Å². The quantitative estimate of drug-likeness (QED) is 0.0790. The summed E-state index contributed by atoms with van der Waals surface area (Å²) in [5.74, 6) is -26.5. The summed E-state index contributed by atoms with van der Waals surface area (Å²) in [5.41, 5.74) is -5.25. The maximum atomic E-state index is 14.6. The number of amides is 5. The Bertz CT molecular complexity index is 4900. The third-order valence-corrected chi connectivity index (χ3v) is 20.8. The number of pyridine rings is 3. The van der Waals surface area contributed by atoms with Crippen LogP contribution in [0.25, 0.3) is 0 Å². The van der Waals surface area contributed by atoms with Gasteiger partial charge in [0.05, 0.1) is 18.1 Å². The van der Waals surface area contributed by atoms with Gasteiger partial charge in [0, 0.05) is 142 Å². The Morgan fingerprint density at radius 1 is 0.466 bits per heavy atom. The van der Waals surface area contributed by atoms with E-state index in [2.05, 4.69) is 10.6 Å². The molecule has 7 aromatic rings. The van der Waals surface area contributed by atoms with E-state index in [1.807, 2.05) is 6.07 Å². The summed E-state index contributed by atoms with van der Waals surface area (Å²) in [7, 11) is 0. The first-order valence-electron chi connectivity index (χ1n) is 32.3. The number of nitrogens with zero attached hydrogens (tertiary/aromatic N) is 6. The van der Waals surface area contributed by atoms with Crippen LogP contribution >= 0.6 is 0 Å². The van der Waals surface area contributed by atoms with E-state index in [0.717, 1.165) is 28.7 Å². The Morgan fingerprint density at radius 3 is 1.15 bits per heavy atom. The summed E-state index contributed by atoms with van der Waals surface area (Å²) < 4.78 is 183. The second kappa shape index (κ2) is 25.6. The second-order valence-corrected chi connectivity index (χ2v) is 26.8. The van der Waals surface area contributed by atoms with Gasteiger partial charge >= 0.3 is 5.97 Å². The van der Waals surface area contributed by atoms with Gasteiger partial charge in [-0.1, -0.05) is 60.7 Å². The van der Waals surface area contributed by atoms with Gasteiger partial charge in [-0.05, 0) is 30.4 Å². The molecule has 3 saturated carbocycles. The molecule has 9 atom stereocenters. The number of carboxylic acid groups (broad SMARTS) is 1. The number of nitrogens with one attached hydrogen (secondary N) is 2. The Kier molecular flexibility index (Phi) is 17.2.